The third-order valence-electron chi connectivity index (χ3n) is 5.53. The maximum atomic E-state index is 12.7. The molecule has 0 aromatic carbocycles. The quantitative estimate of drug-likeness (QED) is 0.880. The van der Waals surface area contributed by atoms with Gasteiger partial charge in [0.25, 0.3) is 5.91 Å². The fraction of sp³-hybridized carbons (Fsp3) is 0.706. The van der Waals surface area contributed by atoms with E-state index in [0.29, 0.717) is 30.5 Å². The van der Waals surface area contributed by atoms with Crippen LogP contribution in [0.5, 0.6) is 0 Å². The number of nitrogens with one attached hydrogen (secondary N) is 1. The summed E-state index contributed by atoms with van der Waals surface area (Å²) in [6, 6.07) is 2.69. The first-order chi connectivity index (χ1) is 10.7. The summed E-state index contributed by atoms with van der Waals surface area (Å²) in [7, 11) is 0. The second kappa shape index (κ2) is 5.95. The van der Waals surface area contributed by atoms with Gasteiger partial charge in [-0.25, -0.2) is 0 Å². The van der Waals surface area contributed by atoms with Gasteiger partial charge in [-0.05, 0) is 49.1 Å². The Balaban J connectivity index is 1.48. The number of carbonyl (C=O) groups is 1. The van der Waals surface area contributed by atoms with Gasteiger partial charge in [0.1, 0.15) is 0 Å². The first-order valence-electron chi connectivity index (χ1n) is 8.46. The van der Waals surface area contributed by atoms with E-state index in [1.165, 1.54) is 29.7 Å². The van der Waals surface area contributed by atoms with E-state index in [0.717, 1.165) is 30.7 Å². The average Bonchev–Trinajstić information content (AvgIpc) is 2.92. The minimum absolute atomic E-state index is 0.108. The van der Waals surface area contributed by atoms with Crippen LogP contribution in [0.25, 0.3) is 0 Å². The van der Waals surface area contributed by atoms with Gasteiger partial charge in [0.05, 0.1) is 18.1 Å². The molecule has 2 fully saturated rings. The minimum Gasteiger partial charge on any atom is -0.376 e. The van der Waals surface area contributed by atoms with Crippen molar-refractivity contribution >= 4 is 17.2 Å². The highest BCUT2D eigenvalue weighted by molar-refractivity contribution is 7.14. The van der Waals surface area contributed by atoms with Gasteiger partial charge >= 0.3 is 0 Å². The van der Waals surface area contributed by atoms with Crippen molar-refractivity contribution in [2.45, 2.75) is 57.2 Å². The molecule has 1 amide bonds. The Morgan fingerprint density at radius 3 is 2.82 bits per heavy atom. The van der Waals surface area contributed by atoms with Crippen LogP contribution < -0.4 is 11.1 Å². The molecule has 2 bridgehead atoms. The zero-order chi connectivity index (χ0) is 15.1. The molecule has 1 aliphatic heterocycles. The fourth-order valence-electron chi connectivity index (χ4n) is 4.51. The standard InChI is InChI=1S/C17H24N2O2S/c18-13-6-10-2-1-3-11(7-13)16(10)19-17(20)15-8-12-9-21-5-4-14(12)22-15/h8,10-11,13,16H,1-7,9,18H2,(H,19,20). The predicted molar refractivity (Wildman–Crippen MR) is 87.0 cm³/mol. The Hall–Kier alpha value is -0.910. The Morgan fingerprint density at radius 2 is 2.09 bits per heavy atom. The van der Waals surface area contributed by atoms with Crippen LogP contribution in [-0.2, 0) is 17.8 Å². The van der Waals surface area contributed by atoms with Crippen LogP contribution in [0.15, 0.2) is 6.07 Å². The van der Waals surface area contributed by atoms with Crippen molar-refractivity contribution < 1.29 is 9.53 Å². The lowest BCUT2D eigenvalue weighted by Gasteiger charge is -2.45. The number of hydrogen-bond donors (Lipinski definition) is 2. The van der Waals surface area contributed by atoms with Crippen molar-refractivity contribution in [2.75, 3.05) is 6.61 Å². The molecular formula is C17H24N2O2S. The highest BCUT2D eigenvalue weighted by Crippen LogP contribution is 2.40. The maximum Gasteiger partial charge on any atom is 0.261 e. The minimum atomic E-state index is 0.108. The number of amides is 1. The summed E-state index contributed by atoms with van der Waals surface area (Å²) in [4.78, 5) is 14.8. The number of thiophene rings is 1. The van der Waals surface area contributed by atoms with Crippen LogP contribution in [0.1, 0.15) is 52.2 Å². The van der Waals surface area contributed by atoms with Crippen LogP contribution in [0.4, 0.5) is 0 Å². The van der Waals surface area contributed by atoms with E-state index in [1.54, 1.807) is 11.3 Å². The third-order valence-corrected chi connectivity index (χ3v) is 6.76. The monoisotopic (exact) mass is 320 g/mol. The molecule has 2 saturated carbocycles. The van der Waals surface area contributed by atoms with Crippen molar-refractivity contribution in [3.8, 4) is 0 Å². The predicted octanol–water partition coefficient (Wildman–Crippen LogP) is 2.46. The molecule has 2 atom stereocenters. The van der Waals surface area contributed by atoms with Crippen molar-refractivity contribution in [3.63, 3.8) is 0 Å². The maximum absolute atomic E-state index is 12.7. The summed E-state index contributed by atoms with van der Waals surface area (Å²) in [6.45, 7) is 1.43. The second-order valence-corrected chi connectivity index (χ2v) is 8.18. The summed E-state index contributed by atoms with van der Waals surface area (Å²) in [6.07, 6.45) is 6.79. The summed E-state index contributed by atoms with van der Waals surface area (Å²) in [5.74, 6) is 1.26. The molecule has 2 unspecified atom stereocenters. The van der Waals surface area contributed by atoms with Crippen molar-refractivity contribution in [3.05, 3.63) is 21.4 Å². The normalized spacial score (nSPS) is 34.0. The van der Waals surface area contributed by atoms with Crippen LogP contribution in [0.2, 0.25) is 0 Å². The number of nitrogens with two attached hydrogens (primary N) is 1. The molecule has 4 rings (SSSR count). The highest BCUT2D eigenvalue weighted by Gasteiger charge is 2.40. The van der Waals surface area contributed by atoms with Crippen molar-refractivity contribution in [1.82, 2.24) is 5.32 Å². The van der Waals surface area contributed by atoms with Gasteiger partial charge in [-0.3, -0.25) is 4.79 Å². The molecule has 120 valence electrons. The zero-order valence-electron chi connectivity index (χ0n) is 12.8. The molecule has 2 aliphatic carbocycles. The lowest BCUT2D eigenvalue weighted by Crippen LogP contribution is -2.53. The molecule has 22 heavy (non-hydrogen) atoms. The van der Waals surface area contributed by atoms with Crippen LogP contribution in [0, 0.1) is 11.8 Å². The summed E-state index contributed by atoms with van der Waals surface area (Å²) < 4.78 is 5.47. The molecule has 3 N–H and O–H groups in total. The van der Waals surface area contributed by atoms with Gasteiger partial charge in [0.15, 0.2) is 0 Å². The van der Waals surface area contributed by atoms with E-state index in [4.69, 9.17) is 10.5 Å². The molecule has 2 heterocycles. The topological polar surface area (TPSA) is 64.3 Å². The smallest absolute Gasteiger partial charge is 0.261 e. The van der Waals surface area contributed by atoms with Crippen LogP contribution in [0.3, 0.4) is 0 Å². The lowest BCUT2D eigenvalue weighted by molar-refractivity contribution is 0.0759. The second-order valence-electron chi connectivity index (χ2n) is 7.04. The number of carbonyl (C=O) groups excluding carboxylic acids is 1. The number of rotatable bonds is 2. The molecule has 3 aliphatic rings. The Labute approximate surface area is 135 Å². The summed E-state index contributed by atoms with van der Waals surface area (Å²) in [5, 5.41) is 3.34. The Kier molecular flexibility index (Phi) is 3.96. The van der Waals surface area contributed by atoms with Gasteiger partial charge < -0.3 is 15.8 Å². The SMILES string of the molecule is NC1CC2CCCC(C1)C2NC(=O)c1cc2c(s1)CCOC2. The largest absolute Gasteiger partial charge is 0.376 e. The van der Waals surface area contributed by atoms with Crippen molar-refractivity contribution in [2.24, 2.45) is 17.6 Å². The molecule has 0 radical (unpaired) electrons. The summed E-state index contributed by atoms with van der Waals surface area (Å²) >= 11 is 1.64. The number of fused-ring (bicyclic) bond motifs is 3. The molecular weight excluding hydrogens is 296 g/mol. The first kappa shape index (κ1) is 14.7. The lowest BCUT2D eigenvalue weighted by atomic mass is 9.67. The third kappa shape index (κ3) is 2.70. The van der Waals surface area contributed by atoms with Crippen molar-refractivity contribution in [1.29, 1.82) is 0 Å². The molecule has 1 aromatic rings. The fourth-order valence-corrected chi connectivity index (χ4v) is 5.56. The van der Waals surface area contributed by atoms with Gasteiger partial charge in [0.2, 0.25) is 0 Å². The number of hydrogen-bond acceptors (Lipinski definition) is 4. The molecule has 4 nitrogen and oxygen atoms in total. The molecule has 1 aromatic heterocycles. The van der Waals surface area contributed by atoms with Gasteiger partial charge in [-0.1, -0.05) is 6.42 Å². The van der Waals surface area contributed by atoms with E-state index < -0.39 is 0 Å². The number of ether oxygens (including phenoxy) is 1. The summed E-state index contributed by atoms with van der Waals surface area (Å²) in [5.41, 5.74) is 7.37. The first-order valence-corrected chi connectivity index (χ1v) is 9.28. The van der Waals surface area contributed by atoms with Gasteiger partial charge in [0, 0.05) is 23.4 Å². The highest BCUT2D eigenvalue weighted by atomic mass is 32.1. The van der Waals surface area contributed by atoms with Gasteiger partial charge in [-0.15, -0.1) is 11.3 Å². The zero-order valence-corrected chi connectivity index (χ0v) is 13.7. The molecule has 5 heteroatoms. The van der Waals surface area contributed by atoms with E-state index in [-0.39, 0.29) is 5.91 Å². The van der Waals surface area contributed by atoms with E-state index in [9.17, 15) is 4.79 Å². The van der Waals surface area contributed by atoms with E-state index in [2.05, 4.69) is 5.32 Å². The average molecular weight is 320 g/mol. The Morgan fingerprint density at radius 1 is 1.32 bits per heavy atom. The van der Waals surface area contributed by atoms with Crippen LogP contribution >= 0.6 is 11.3 Å². The van der Waals surface area contributed by atoms with E-state index >= 15 is 0 Å². The van der Waals surface area contributed by atoms with Gasteiger partial charge in [-0.2, -0.15) is 0 Å². The van der Waals surface area contributed by atoms with Crippen LogP contribution in [-0.4, -0.2) is 24.6 Å². The Bertz CT molecular complexity index is 534. The van der Waals surface area contributed by atoms with E-state index in [1.807, 2.05) is 6.07 Å². The molecule has 0 spiro atoms. The molecule has 0 saturated heterocycles.